The summed E-state index contributed by atoms with van der Waals surface area (Å²) < 4.78 is 7.09. The van der Waals surface area contributed by atoms with Gasteiger partial charge < -0.3 is 9.09 Å². The lowest BCUT2D eigenvalue weighted by Crippen LogP contribution is -1.97. The van der Waals surface area contributed by atoms with Crippen molar-refractivity contribution in [3.05, 3.63) is 38.9 Å². The molecule has 9 heteroatoms. The first-order valence-corrected chi connectivity index (χ1v) is 6.86. The van der Waals surface area contributed by atoms with Crippen molar-refractivity contribution in [3.8, 4) is 11.3 Å². The molecule has 0 aliphatic carbocycles. The average Bonchev–Trinajstić information content (AvgIpc) is 2.97. The van der Waals surface area contributed by atoms with E-state index < -0.39 is 0 Å². The van der Waals surface area contributed by atoms with E-state index >= 15 is 0 Å². The summed E-state index contributed by atoms with van der Waals surface area (Å²) in [6.07, 6.45) is 1.40. The van der Waals surface area contributed by atoms with Crippen LogP contribution in [0.25, 0.3) is 32.7 Å². The molecule has 22 heavy (non-hydrogen) atoms. The highest BCUT2D eigenvalue weighted by atomic mass is 35.5. The van der Waals surface area contributed by atoms with Crippen LogP contribution in [0, 0.1) is 13.8 Å². The molecule has 0 aliphatic rings. The van der Waals surface area contributed by atoms with Crippen LogP contribution in [0.1, 0.15) is 17.0 Å². The summed E-state index contributed by atoms with van der Waals surface area (Å²) in [4.78, 5) is 11.1. The van der Waals surface area contributed by atoms with Crippen molar-refractivity contribution in [1.82, 2.24) is 19.7 Å². The Hall–Kier alpha value is -2.57. The van der Waals surface area contributed by atoms with E-state index in [0.29, 0.717) is 21.9 Å². The fourth-order valence-corrected chi connectivity index (χ4v) is 2.68. The standard InChI is InChI=1S/C13H12ClN7O/c1-6-7(2)22-19-11(6)9-8(4-18-20-15)21(3)13-10(9)12(14)16-5-17-13/h5H,4H2,1-3H3. The third kappa shape index (κ3) is 2.01. The summed E-state index contributed by atoms with van der Waals surface area (Å²) in [7, 11) is 1.83. The average molecular weight is 318 g/mol. The fourth-order valence-electron chi connectivity index (χ4n) is 2.45. The largest absolute Gasteiger partial charge is 0.361 e. The van der Waals surface area contributed by atoms with Crippen molar-refractivity contribution < 1.29 is 4.52 Å². The molecule has 0 amide bonds. The first-order valence-electron chi connectivity index (χ1n) is 6.48. The lowest BCUT2D eigenvalue weighted by atomic mass is 10.1. The van der Waals surface area contributed by atoms with Crippen molar-refractivity contribution in [3.63, 3.8) is 0 Å². The molecule has 0 bridgehead atoms. The van der Waals surface area contributed by atoms with Gasteiger partial charge in [-0.2, -0.15) is 0 Å². The van der Waals surface area contributed by atoms with Crippen LogP contribution in [0.3, 0.4) is 0 Å². The van der Waals surface area contributed by atoms with Crippen molar-refractivity contribution >= 4 is 22.6 Å². The van der Waals surface area contributed by atoms with Crippen LogP contribution in [0.5, 0.6) is 0 Å². The molecule has 0 fully saturated rings. The van der Waals surface area contributed by atoms with E-state index in [4.69, 9.17) is 21.7 Å². The predicted octanol–water partition coefficient (Wildman–Crippen LogP) is 3.70. The highest BCUT2D eigenvalue weighted by Crippen LogP contribution is 2.38. The van der Waals surface area contributed by atoms with Crippen LogP contribution in [0.2, 0.25) is 5.15 Å². The van der Waals surface area contributed by atoms with Crippen molar-refractivity contribution in [1.29, 1.82) is 0 Å². The molecular formula is C13H12ClN7O. The Kier molecular flexibility index (Phi) is 3.48. The molecule has 0 N–H and O–H groups in total. The number of hydrogen-bond acceptors (Lipinski definition) is 5. The summed E-state index contributed by atoms with van der Waals surface area (Å²) >= 11 is 6.26. The molecule has 8 nitrogen and oxygen atoms in total. The Morgan fingerprint density at radius 1 is 1.41 bits per heavy atom. The van der Waals surface area contributed by atoms with Crippen LogP contribution >= 0.6 is 11.6 Å². The molecule has 3 heterocycles. The Bertz CT molecular complexity index is 920. The second-order valence-corrected chi connectivity index (χ2v) is 5.20. The Balaban J connectivity index is 2.44. The van der Waals surface area contributed by atoms with E-state index in [9.17, 15) is 0 Å². The molecule has 0 atom stereocenters. The number of fused-ring (bicyclic) bond motifs is 1. The van der Waals surface area contributed by atoms with Gasteiger partial charge in [0.2, 0.25) is 0 Å². The smallest absolute Gasteiger partial charge is 0.145 e. The summed E-state index contributed by atoms with van der Waals surface area (Å²) in [6, 6.07) is 0. The zero-order chi connectivity index (χ0) is 15.9. The van der Waals surface area contributed by atoms with Crippen LogP contribution < -0.4 is 0 Å². The number of halogens is 1. The molecule has 0 aliphatic heterocycles. The van der Waals surface area contributed by atoms with Crippen LogP contribution in [-0.2, 0) is 13.6 Å². The third-order valence-electron chi connectivity index (χ3n) is 3.72. The second kappa shape index (κ2) is 5.32. The van der Waals surface area contributed by atoms with E-state index in [-0.39, 0.29) is 6.54 Å². The molecule has 3 aromatic rings. The number of rotatable bonds is 3. The maximum absolute atomic E-state index is 8.63. The van der Waals surface area contributed by atoms with E-state index in [0.717, 1.165) is 22.6 Å². The van der Waals surface area contributed by atoms with Gasteiger partial charge in [-0.3, -0.25) is 0 Å². The lowest BCUT2D eigenvalue weighted by molar-refractivity contribution is 0.398. The molecule has 0 unspecified atom stereocenters. The maximum atomic E-state index is 8.63. The Labute approximate surface area is 130 Å². The quantitative estimate of drug-likeness (QED) is 0.317. The molecular weight excluding hydrogens is 306 g/mol. The lowest BCUT2D eigenvalue weighted by Gasteiger charge is -2.03. The molecule has 0 spiro atoms. The molecule has 112 valence electrons. The van der Waals surface area contributed by atoms with Gasteiger partial charge >= 0.3 is 0 Å². The van der Waals surface area contributed by atoms with E-state index in [1.54, 1.807) is 0 Å². The first kappa shape index (κ1) is 14.4. The highest BCUT2D eigenvalue weighted by molar-refractivity contribution is 6.35. The first-order chi connectivity index (χ1) is 10.6. The van der Waals surface area contributed by atoms with Gasteiger partial charge in [0.1, 0.15) is 28.6 Å². The van der Waals surface area contributed by atoms with Gasteiger partial charge in [0.25, 0.3) is 0 Å². The van der Waals surface area contributed by atoms with Gasteiger partial charge in [-0.1, -0.05) is 21.9 Å². The number of azide groups is 1. The molecule has 3 rings (SSSR count). The van der Waals surface area contributed by atoms with Gasteiger partial charge in [-0.15, -0.1) is 0 Å². The van der Waals surface area contributed by atoms with Gasteiger partial charge in [-0.25, -0.2) is 9.97 Å². The zero-order valence-electron chi connectivity index (χ0n) is 12.2. The van der Waals surface area contributed by atoms with Gasteiger partial charge in [0, 0.05) is 28.8 Å². The third-order valence-corrected chi connectivity index (χ3v) is 4.01. The summed E-state index contributed by atoms with van der Waals surface area (Å²) in [6.45, 7) is 3.90. The second-order valence-electron chi connectivity index (χ2n) is 4.85. The van der Waals surface area contributed by atoms with E-state index in [2.05, 4.69) is 25.2 Å². The van der Waals surface area contributed by atoms with Gasteiger partial charge in [0.05, 0.1) is 11.9 Å². The van der Waals surface area contributed by atoms with Crippen molar-refractivity contribution in [2.75, 3.05) is 0 Å². The minimum atomic E-state index is 0.153. The van der Waals surface area contributed by atoms with Gasteiger partial charge in [-0.05, 0) is 19.4 Å². The van der Waals surface area contributed by atoms with Crippen LogP contribution in [0.4, 0.5) is 0 Å². The maximum Gasteiger partial charge on any atom is 0.145 e. The Morgan fingerprint density at radius 2 is 2.18 bits per heavy atom. The number of aryl methyl sites for hydroxylation is 2. The normalized spacial score (nSPS) is 10.9. The molecule has 0 saturated heterocycles. The molecule has 3 aromatic heterocycles. The molecule has 0 radical (unpaired) electrons. The summed E-state index contributed by atoms with van der Waals surface area (Å²) in [5, 5.41) is 8.78. The SMILES string of the molecule is Cc1onc(-c2c(CN=[N+]=[N-])n(C)c3ncnc(Cl)c23)c1C. The summed E-state index contributed by atoms with van der Waals surface area (Å²) in [5.41, 5.74) is 12.3. The van der Waals surface area contributed by atoms with E-state index in [1.165, 1.54) is 6.33 Å². The molecule has 0 saturated carbocycles. The van der Waals surface area contributed by atoms with Crippen LogP contribution in [0.15, 0.2) is 16.0 Å². The number of hydrogen-bond donors (Lipinski definition) is 0. The topological polar surface area (TPSA) is 106 Å². The predicted molar refractivity (Wildman–Crippen MR) is 81.3 cm³/mol. The number of nitrogens with zero attached hydrogens (tertiary/aromatic N) is 7. The van der Waals surface area contributed by atoms with Crippen molar-refractivity contribution in [2.45, 2.75) is 20.4 Å². The Morgan fingerprint density at radius 3 is 2.82 bits per heavy atom. The minimum absolute atomic E-state index is 0.153. The monoisotopic (exact) mass is 317 g/mol. The van der Waals surface area contributed by atoms with E-state index in [1.807, 2.05) is 25.5 Å². The fraction of sp³-hybridized carbons (Fsp3) is 0.308. The zero-order valence-corrected chi connectivity index (χ0v) is 13.0. The minimum Gasteiger partial charge on any atom is -0.361 e. The highest BCUT2D eigenvalue weighted by Gasteiger charge is 2.24. The summed E-state index contributed by atoms with van der Waals surface area (Å²) in [5.74, 6) is 0.717. The van der Waals surface area contributed by atoms with Crippen LogP contribution in [-0.4, -0.2) is 19.7 Å². The molecule has 0 aromatic carbocycles. The van der Waals surface area contributed by atoms with Gasteiger partial charge in [0.15, 0.2) is 0 Å². The van der Waals surface area contributed by atoms with Crippen molar-refractivity contribution in [2.24, 2.45) is 12.2 Å². The number of aromatic nitrogens is 4.